The summed E-state index contributed by atoms with van der Waals surface area (Å²) >= 11 is 0. The van der Waals surface area contributed by atoms with Crippen molar-refractivity contribution in [1.29, 1.82) is 0 Å². The molecule has 0 spiro atoms. The first-order valence-electron chi connectivity index (χ1n) is 7.66. The molecule has 0 unspecified atom stereocenters. The molecule has 0 saturated carbocycles. The molecule has 0 aromatic rings. The summed E-state index contributed by atoms with van der Waals surface area (Å²) in [5.74, 6) is -0.790. The summed E-state index contributed by atoms with van der Waals surface area (Å²) in [6.07, 6.45) is 3.67. The Kier molecular flexibility index (Phi) is 8.95. The quantitative estimate of drug-likeness (QED) is 0.285. The van der Waals surface area contributed by atoms with Crippen molar-refractivity contribution in [3.63, 3.8) is 0 Å². The highest BCUT2D eigenvalue weighted by Gasteiger charge is 2.26. The van der Waals surface area contributed by atoms with Crippen LogP contribution >= 0.6 is 0 Å². The largest absolute Gasteiger partial charge is 0.478 e. The average molecular weight is 349 g/mol. The van der Waals surface area contributed by atoms with Crippen LogP contribution in [0.5, 0.6) is 0 Å². The van der Waals surface area contributed by atoms with E-state index in [4.69, 9.17) is 14.0 Å². The van der Waals surface area contributed by atoms with E-state index in [1.807, 2.05) is 6.08 Å². The number of carbonyl (C=O) groups is 1. The van der Waals surface area contributed by atoms with Gasteiger partial charge in [-0.15, -0.1) is 0 Å². The maximum Gasteiger partial charge on any atom is 0.330 e. The molecule has 0 aromatic heterocycles. The molecule has 7 heteroatoms. The number of carboxylic acid groups (broad SMARTS) is 1. The van der Waals surface area contributed by atoms with Crippen LogP contribution in [0.3, 0.4) is 0 Å². The zero-order valence-corrected chi connectivity index (χ0v) is 18.1. The third kappa shape index (κ3) is 13.2. The number of hydrogen-bond donors (Lipinski definition) is 1. The zero-order chi connectivity index (χ0) is 16.7. The first-order chi connectivity index (χ1) is 9.41. The summed E-state index contributed by atoms with van der Waals surface area (Å²) in [7, 11) is -3.61. The maximum absolute atomic E-state index is 10.7. The molecule has 4 nitrogen and oxygen atoms in total. The van der Waals surface area contributed by atoms with E-state index in [9.17, 15) is 4.79 Å². The van der Waals surface area contributed by atoms with Gasteiger partial charge in [0, 0.05) is 5.57 Å². The summed E-state index contributed by atoms with van der Waals surface area (Å²) in [4.78, 5) is 10.7. The Morgan fingerprint density at radius 2 is 1.62 bits per heavy atom. The lowest BCUT2D eigenvalue weighted by atomic mass is 10.2. The first-order valence-corrected chi connectivity index (χ1v) is 16.3. The highest BCUT2D eigenvalue weighted by atomic mass is 28.4. The summed E-state index contributed by atoms with van der Waals surface area (Å²) in [5, 5.41) is 8.79. The van der Waals surface area contributed by atoms with E-state index in [-0.39, 0.29) is 5.91 Å². The Morgan fingerprint density at radius 3 is 2.00 bits per heavy atom. The van der Waals surface area contributed by atoms with Gasteiger partial charge in [0.25, 0.3) is 0 Å². The van der Waals surface area contributed by atoms with Crippen molar-refractivity contribution in [3.05, 3.63) is 11.6 Å². The van der Waals surface area contributed by atoms with Crippen LogP contribution in [0.4, 0.5) is 0 Å². The number of hydrogen-bond acceptors (Lipinski definition) is 3. The standard InChI is InChI=1S/C14H32O4Si3/c1-12(13(15)16)10-8-9-11-19-14(17-20(2,3)4)18-21(5,6)7/h10,14H,8-9,11,19H2,1-7H3,(H,15,16). The highest BCUT2D eigenvalue weighted by molar-refractivity contribution is 6.71. The van der Waals surface area contributed by atoms with E-state index in [0.29, 0.717) is 5.57 Å². The minimum absolute atomic E-state index is 0.0351. The first kappa shape index (κ1) is 20.8. The van der Waals surface area contributed by atoms with E-state index >= 15 is 0 Å². The number of allylic oxidation sites excluding steroid dienone is 1. The molecule has 0 aliphatic rings. The van der Waals surface area contributed by atoms with Gasteiger partial charge in [-0.05, 0) is 52.6 Å². The molecule has 0 aromatic carbocycles. The van der Waals surface area contributed by atoms with Crippen LogP contribution in [-0.2, 0) is 13.6 Å². The van der Waals surface area contributed by atoms with Crippen LogP contribution in [0.15, 0.2) is 11.6 Å². The number of carboxylic acids is 1. The second-order valence-corrected chi connectivity index (χ2v) is 18.2. The lowest BCUT2D eigenvalue weighted by molar-refractivity contribution is -0.132. The molecule has 0 radical (unpaired) electrons. The fourth-order valence-corrected chi connectivity index (χ4v) is 8.42. The van der Waals surface area contributed by atoms with Gasteiger partial charge in [-0.25, -0.2) is 4.79 Å². The topological polar surface area (TPSA) is 55.8 Å². The summed E-state index contributed by atoms with van der Waals surface area (Å²) in [5.41, 5.74) is 0.435. The van der Waals surface area contributed by atoms with Crippen LogP contribution < -0.4 is 0 Å². The van der Waals surface area contributed by atoms with Gasteiger partial charge in [-0.3, -0.25) is 0 Å². The maximum atomic E-state index is 10.7. The van der Waals surface area contributed by atoms with E-state index in [2.05, 4.69) is 39.3 Å². The van der Waals surface area contributed by atoms with Gasteiger partial charge in [-0.2, -0.15) is 0 Å². The molecule has 21 heavy (non-hydrogen) atoms. The van der Waals surface area contributed by atoms with Crippen molar-refractivity contribution in [1.82, 2.24) is 0 Å². The Hall–Kier alpha value is -0.219. The minimum atomic E-state index is -1.58. The third-order valence-electron chi connectivity index (χ3n) is 2.65. The fraction of sp³-hybridized carbons (Fsp3) is 0.786. The normalized spacial score (nSPS) is 14.4. The number of unbranched alkanes of at least 4 members (excludes halogenated alkanes) is 1. The van der Waals surface area contributed by atoms with Crippen molar-refractivity contribution in [2.24, 2.45) is 0 Å². The summed E-state index contributed by atoms with van der Waals surface area (Å²) in [6, 6.07) is 1.13. The van der Waals surface area contributed by atoms with E-state index in [1.54, 1.807) is 6.92 Å². The summed E-state index contributed by atoms with van der Waals surface area (Å²) in [6.45, 7) is 14.8. The smallest absolute Gasteiger partial charge is 0.330 e. The monoisotopic (exact) mass is 348 g/mol. The van der Waals surface area contributed by atoms with Crippen LogP contribution in [0.2, 0.25) is 45.3 Å². The van der Waals surface area contributed by atoms with Crippen LogP contribution in [0, 0.1) is 0 Å². The van der Waals surface area contributed by atoms with E-state index in [1.165, 1.54) is 0 Å². The second-order valence-electron chi connectivity index (χ2n) is 7.37. The SMILES string of the molecule is CC(=CCCC[SiH2]C(O[Si](C)(C)C)O[Si](C)(C)C)C(=O)O. The van der Waals surface area contributed by atoms with Crippen LogP contribution in [0.1, 0.15) is 19.8 Å². The Balaban J connectivity index is 4.24. The fourth-order valence-electron chi connectivity index (χ4n) is 1.79. The molecule has 0 bridgehead atoms. The van der Waals surface area contributed by atoms with Crippen molar-refractivity contribution < 1.29 is 18.8 Å². The van der Waals surface area contributed by atoms with Gasteiger partial charge < -0.3 is 14.0 Å². The average Bonchev–Trinajstić information content (AvgIpc) is 2.23. The van der Waals surface area contributed by atoms with Gasteiger partial charge in [-0.1, -0.05) is 18.5 Å². The van der Waals surface area contributed by atoms with Crippen LogP contribution in [-0.4, -0.2) is 43.1 Å². The zero-order valence-electron chi connectivity index (χ0n) is 14.7. The van der Waals surface area contributed by atoms with Crippen molar-refractivity contribution in [3.8, 4) is 0 Å². The third-order valence-corrected chi connectivity index (χ3v) is 6.97. The second kappa shape index (κ2) is 9.04. The predicted molar refractivity (Wildman–Crippen MR) is 96.6 cm³/mol. The Labute approximate surface area is 134 Å². The molecule has 1 N–H and O–H groups in total. The van der Waals surface area contributed by atoms with Crippen molar-refractivity contribution in [2.75, 3.05) is 0 Å². The minimum Gasteiger partial charge on any atom is -0.478 e. The number of rotatable bonds is 10. The molecule has 0 heterocycles. The Morgan fingerprint density at radius 1 is 1.14 bits per heavy atom. The van der Waals surface area contributed by atoms with Gasteiger partial charge in [0.15, 0.2) is 16.6 Å². The van der Waals surface area contributed by atoms with Gasteiger partial charge in [0.1, 0.15) is 5.91 Å². The van der Waals surface area contributed by atoms with Crippen molar-refractivity contribution in [2.45, 2.75) is 71.0 Å². The lowest BCUT2D eigenvalue weighted by Crippen LogP contribution is -2.42. The van der Waals surface area contributed by atoms with Crippen LogP contribution in [0.25, 0.3) is 0 Å². The van der Waals surface area contributed by atoms with Crippen molar-refractivity contribution >= 4 is 32.1 Å². The van der Waals surface area contributed by atoms with Gasteiger partial charge in [0.05, 0.1) is 9.52 Å². The molecule has 0 aliphatic carbocycles. The molecular formula is C14H32O4Si3. The van der Waals surface area contributed by atoms with E-state index < -0.39 is 32.1 Å². The molecule has 0 atom stereocenters. The lowest BCUT2D eigenvalue weighted by Gasteiger charge is -2.31. The molecule has 0 saturated heterocycles. The molecule has 0 aliphatic heterocycles. The highest BCUT2D eigenvalue weighted by Crippen LogP contribution is 2.15. The molecule has 0 fully saturated rings. The van der Waals surface area contributed by atoms with Gasteiger partial charge in [0.2, 0.25) is 0 Å². The predicted octanol–water partition coefficient (Wildman–Crippen LogP) is 3.37. The molecule has 124 valence electrons. The Bertz CT molecular complexity index is 340. The molecule has 0 amide bonds. The summed E-state index contributed by atoms with van der Waals surface area (Å²) < 4.78 is 12.4. The van der Waals surface area contributed by atoms with E-state index in [0.717, 1.165) is 18.9 Å². The molecule has 0 rings (SSSR count). The van der Waals surface area contributed by atoms with Gasteiger partial charge >= 0.3 is 5.97 Å². The molecular weight excluding hydrogens is 316 g/mol. The number of aliphatic carboxylic acids is 1.